The van der Waals surface area contributed by atoms with E-state index in [4.69, 9.17) is 42.7 Å². The fourth-order valence-electron chi connectivity index (χ4n) is 7.25. The topological polar surface area (TPSA) is 114 Å². The van der Waals surface area contributed by atoms with Crippen molar-refractivity contribution in [2.45, 2.75) is 52.0 Å². The van der Waals surface area contributed by atoms with Crippen molar-refractivity contribution in [3.8, 4) is 34.4 Å². The molecule has 292 valence electrons. The van der Waals surface area contributed by atoms with Crippen LogP contribution in [-0.4, -0.2) is 40.9 Å². The maximum absolute atomic E-state index is 14.2. The molecule has 0 aliphatic carbocycles. The van der Waals surface area contributed by atoms with Gasteiger partial charge in [-0.15, -0.1) is 11.3 Å². The average molecular weight is 830 g/mol. The van der Waals surface area contributed by atoms with E-state index in [1.165, 1.54) is 11.3 Å². The lowest BCUT2D eigenvalue weighted by molar-refractivity contribution is -0.126. The third-order valence-corrected chi connectivity index (χ3v) is 12.2. The van der Waals surface area contributed by atoms with Crippen LogP contribution in [0.25, 0.3) is 11.1 Å². The first-order chi connectivity index (χ1) is 28.1. The summed E-state index contributed by atoms with van der Waals surface area (Å²) in [4.78, 5) is 34.8. The van der Waals surface area contributed by atoms with Gasteiger partial charge in [0.2, 0.25) is 5.91 Å². The van der Waals surface area contributed by atoms with E-state index in [2.05, 4.69) is 16.4 Å². The fourth-order valence-corrected chi connectivity index (χ4v) is 8.44. The maximum atomic E-state index is 14.2. The Labute approximate surface area is 350 Å². The first kappa shape index (κ1) is 39.0. The van der Waals surface area contributed by atoms with Crippen LogP contribution < -0.4 is 19.5 Å². The second-order valence-electron chi connectivity index (χ2n) is 14.3. The number of carbonyl (C=O) groups excluding carboxylic acids is 2. The number of carbonyl (C=O) groups is 2. The minimum Gasteiger partial charge on any atom is -0.489 e. The third-order valence-electron chi connectivity index (χ3n) is 10.4. The molecule has 0 saturated heterocycles. The Morgan fingerprint density at radius 2 is 1.60 bits per heavy atom. The van der Waals surface area contributed by atoms with E-state index in [-0.39, 0.29) is 24.5 Å². The summed E-state index contributed by atoms with van der Waals surface area (Å²) in [6, 6.07) is 34.1. The van der Waals surface area contributed by atoms with Crippen molar-refractivity contribution in [3.05, 3.63) is 162 Å². The molecule has 58 heavy (non-hydrogen) atoms. The van der Waals surface area contributed by atoms with Gasteiger partial charge in [-0.1, -0.05) is 77.8 Å². The summed E-state index contributed by atoms with van der Waals surface area (Å²) >= 11 is 13.5. The number of benzene rings is 5. The third kappa shape index (κ3) is 8.53. The molecule has 2 amide bonds. The van der Waals surface area contributed by atoms with Crippen LogP contribution in [0.2, 0.25) is 10.0 Å². The zero-order valence-electron chi connectivity index (χ0n) is 31.8. The lowest BCUT2D eigenvalue weighted by Crippen LogP contribution is -2.52. The number of rotatable bonds is 10. The lowest BCUT2D eigenvalue weighted by Gasteiger charge is -2.37. The summed E-state index contributed by atoms with van der Waals surface area (Å²) in [6.07, 6.45) is 0.592. The molecule has 6 aromatic rings. The normalized spacial score (nSPS) is 15.6. The molecule has 1 aromatic heterocycles. The predicted molar refractivity (Wildman–Crippen MR) is 225 cm³/mol. The second kappa shape index (κ2) is 16.9. The molecular formula is C46H38Cl2N4O5S. The largest absolute Gasteiger partial charge is 0.489 e. The molecular weight excluding hydrogens is 792 g/mol. The van der Waals surface area contributed by atoms with Gasteiger partial charge in [-0.2, -0.15) is 5.26 Å². The van der Waals surface area contributed by atoms with Crippen molar-refractivity contribution in [1.29, 1.82) is 5.26 Å². The highest BCUT2D eigenvalue weighted by molar-refractivity contribution is 7.13. The highest BCUT2D eigenvalue weighted by Gasteiger charge is 2.38. The number of fused-ring (bicyclic) bond motifs is 2. The molecule has 2 atom stereocenters. The number of thiazole rings is 1. The van der Waals surface area contributed by atoms with Crippen molar-refractivity contribution in [2.24, 2.45) is 0 Å². The number of hydrogen-bond donors (Lipinski definition) is 1. The summed E-state index contributed by atoms with van der Waals surface area (Å²) in [5, 5.41) is 14.0. The minimum atomic E-state index is -0.728. The molecule has 2 unspecified atom stereocenters. The van der Waals surface area contributed by atoms with Crippen LogP contribution in [-0.2, 0) is 30.8 Å². The molecule has 0 radical (unpaired) electrons. The van der Waals surface area contributed by atoms with E-state index < -0.39 is 6.04 Å². The van der Waals surface area contributed by atoms with Crippen molar-refractivity contribution in [3.63, 3.8) is 0 Å². The summed E-state index contributed by atoms with van der Waals surface area (Å²) < 4.78 is 18.7. The van der Waals surface area contributed by atoms with Gasteiger partial charge in [-0.25, -0.2) is 4.98 Å². The molecule has 8 rings (SSSR count). The monoisotopic (exact) mass is 828 g/mol. The average Bonchev–Trinajstić information content (AvgIpc) is 3.59. The Balaban J connectivity index is 0.946. The molecule has 5 aromatic carbocycles. The van der Waals surface area contributed by atoms with Gasteiger partial charge in [0.15, 0.2) is 17.6 Å². The predicted octanol–water partition coefficient (Wildman–Crippen LogP) is 9.62. The Kier molecular flexibility index (Phi) is 11.4. The van der Waals surface area contributed by atoms with Crippen LogP contribution in [0.5, 0.6) is 17.2 Å². The number of aryl methyl sites for hydroxylation is 2. The zero-order valence-corrected chi connectivity index (χ0v) is 34.1. The van der Waals surface area contributed by atoms with E-state index in [1.807, 2.05) is 92.7 Å². The molecule has 2 aliphatic heterocycles. The Morgan fingerprint density at radius 3 is 2.29 bits per heavy atom. The first-order valence-corrected chi connectivity index (χ1v) is 20.4. The summed E-state index contributed by atoms with van der Waals surface area (Å²) in [7, 11) is 0. The highest BCUT2D eigenvalue weighted by atomic mass is 35.5. The fraction of sp³-hybridized carbons (Fsp3) is 0.217. The summed E-state index contributed by atoms with van der Waals surface area (Å²) in [6.45, 7) is 4.99. The molecule has 1 N–H and O–H groups in total. The molecule has 0 bridgehead atoms. The van der Waals surface area contributed by atoms with Gasteiger partial charge in [0.1, 0.15) is 29.9 Å². The van der Waals surface area contributed by atoms with Crippen LogP contribution in [0.3, 0.4) is 0 Å². The molecule has 9 nitrogen and oxygen atoms in total. The Morgan fingerprint density at radius 1 is 0.897 bits per heavy atom. The number of ether oxygens (including phenoxy) is 3. The van der Waals surface area contributed by atoms with Crippen molar-refractivity contribution in [1.82, 2.24) is 15.2 Å². The van der Waals surface area contributed by atoms with Crippen LogP contribution in [0.15, 0.2) is 103 Å². The minimum absolute atomic E-state index is 0.216. The second-order valence-corrected chi connectivity index (χ2v) is 16.3. The van der Waals surface area contributed by atoms with Gasteiger partial charge in [0.25, 0.3) is 5.91 Å². The number of nitrogens with one attached hydrogen (secondary N) is 1. The summed E-state index contributed by atoms with van der Waals surface area (Å²) in [5.41, 5.74) is 8.08. The standard InChI is InChI=1S/C46H38Cl2N4O5S/c1-27-44(58-28(2)51-27)46(54)52-24-36-22-42-41(56-26-43(57-42)34-12-14-37(15-13-34)55-25-31-7-16-38(47)39(48)19-31)21-35(36)20-40(52)45(53)50-18-17-29-3-8-32(9-4-29)33-10-5-30(23-49)6-11-33/h3-16,19,21-22,40,43H,17-18,20,24-26H2,1-2H3,(H,50,53). The zero-order chi connectivity index (χ0) is 40.3. The number of nitriles is 1. The highest BCUT2D eigenvalue weighted by Crippen LogP contribution is 2.41. The van der Waals surface area contributed by atoms with Gasteiger partial charge in [0, 0.05) is 19.5 Å². The van der Waals surface area contributed by atoms with Crippen LogP contribution >= 0.6 is 34.5 Å². The number of aromatic nitrogens is 1. The van der Waals surface area contributed by atoms with Crippen molar-refractivity contribution in [2.75, 3.05) is 13.2 Å². The van der Waals surface area contributed by atoms with Gasteiger partial charge < -0.3 is 24.4 Å². The van der Waals surface area contributed by atoms with E-state index >= 15 is 0 Å². The van der Waals surface area contributed by atoms with Crippen LogP contribution in [0.4, 0.5) is 0 Å². The van der Waals surface area contributed by atoms with Gasteiger partial charge in [-0.05, 0) is 108 Å². The van der Waals surface area contributed by atoms with Crippen molar-refractivity contribution >= 4 is 46.4 Å². The Bertz CT molecular complexity index is 2530. The molecule has 0 fully saturated rings. The van der Waals surface area contributed by atoms with E-state index in [1.54, 1.807) is 29.2 Å². The molecule has 2 aliphatic rings. The van der Waals surface area contributed by atoms with Crippen molar-refractivity contribution < 1.29 is 23.8 Å². The van der Waals surface area contributed by atoms with Crippen LogP contribution in [0.1, 0.15) is 59.9 Å². The summed E-state index contributed by atoms with van der Waals surface area (Å²) in [5.74, 6) is 1.45. The first-order valence-electron chi connectivity index (χ1n) is 18.9. The maximum Gasteiger partial charge on any atom is 0.266 e. The van der Waals surface area contributed by atoms with E-state index in [0.29, 0.717) is 76.0 Å². The van der Waals surface area contributed by atoms with Gasteiger partial charge in [-0.3, -0.25) is 9.59 Å². The van der Waals surface area contributed by atoms with Gasteiger partial charge >= 0.3 is 0 Å². The van der Waals surface area contributed by atoms with E-state index in [0.717, 1.165) is 44.0 Å². The Hall–Kier alpha value is -5.86. The van der Waals surface area contributed by atoms with E-state index in [9.17, 15) is 9.59 Å². The molecule has 12 heteroatoms. The lowest BCUT2D eigenvalue weighted by atomic mass is 9.92. The van der Waals surface area contributed by atoms with Gasteiger partial charge in [0.05, 0.1) is 32.4 Å². The molecule has 0 spiro atoms. The smallest absolute Gasteiger partial charge is 0.266 e. The number of nitrogens with zero attached hydrogens (tertiary/aromatic N) is 3. The molecule has 3 heterocycles. The number of hydrogen-bond acceptors (Lipinski definition) is 8. The number of amides is 2. The SMILES string of the molecule is Cc1nc(C)c(C(=O)N2Cc3cc4c(cc3CC2C(=O)NCCc2ccc(-c3ccc(C#N)cc3)cc2)OCC(c2ccc(OCc3ccc(Cl)c(Cl)c3)cc2)O4)s1. The number of halogens is 2. The molecule has 0 saturated carbocycles. The van der Waals surface area contributed by atoms with Crippen LogP contribution in [0, 0.1) is 25.2 Å². The quantitative estimate of drug-likeness (QED) is 0.146.